The first-order valence-corrected chi connectivity index (χ1v) is 7.01. The monoisotopic (exact) mass is 255 g/mol. The van der Waals surface area contributed by atoms with Crippen molar-refractivity contribution < 1.29 is 0 Å². The second-order valence-electron chi connectivity index (χ2n) is 5.45. The number of amidine groups is 1. The molecule has 0 aliphatic carbocycles. The van der Waals surface area contributed by atoms with Crippen molar-refractivity contribution in [2.45, 2.75) is 13.3 Å². The molecule has 0 saturated carbocycles. The zero-order valence-corrected chi connectivity index (χ0v) is 11.8. The number of para-hydroxylation sites is 1. The van der Waals surface area contributed by atoms with Crippen LogP contribution in [0.4, 0.5) is 5.69 Å². The zero-order chi connectivity index (χ0) is 13.2. The Morgan fingerprint density at radius 1 is 1.05 bits per heavy atom. The smallest absolute Gasteiger partial charge is 0.131 e. The summed E-state index contributed by atoms with van der Waals surface area (Å²) < 4.78 is 0. The van der Waals surface area contributed by atoms with Gasteiger partial charge in [-0.15, -0.1) is 0 Å². The third kappa shape index (κ3) is 2.56. The van der Waals surface area contributed by atoms with Gasteiger partial charge in [0.25, 0.3) is 0 Å². The first-order valence-electron chi connectivity index (χ1n) is 7.01. The van der Waals surface area contributed by atoms with Crippen LogP contribution in [0.1, 0.15) is 12.5 Å². The van der Waals surface area contributed by atoms with E-state index in [4.69, 9.17) is 4.99 Å². The van der Waals surface area contributed by atoms with Gasteiger partial charge in [0.15, 0.2) is 0 Å². The number of hydrogen-bond acceptors (Lipinski definition) is 3. The Balaban J connectivity index is 1.93. The summed E-state index contributed by atoms with van der Waals surface area (Å²) >= 11 is 0. The highest BCUT2D eigenvalue weighted by Gasteiger charge is 2.20. The number of hydrogen-bond donors (Lipinski definition) is 0. The molecule has 1 aromatic carbocycles. The fraction of sp³-hybridized carbons (Fsp3) is 0.438. The lowest BCUT2D eigenvalue weighted by Gasteiger charge is -2.34. The highest BCUT2D eigenvalue weighted by molar-refractivity contribution is 6.00. The summed E-state index contributed by atoms with van der Waals surface area (Å²) in [6.45, 7) is 6.57. The van der Waals surface area contributed by atoms with E-state index in [0.717, 1.165) is 44.1 Å². The number of allylic oxidation sites excluding steroid dienone is 1. The van der Waals surface area contributed by atoms with Crippen LogP contribution in [0, 0.1) is 0 Å². The largest absolute Gasteiger partial charge is 0.354 e. The van der Waals surface area contributed by atoms with E-state index >= 15 is 0 Å². The third-order valence-corrected chi connectivity index (χ3v) is 4.00. The molecule has 0 radical (unpaired) electrons. The average molecular weight is 255 g/mol. The molecular weight excluding hydrogens is 234 g/mol. The number of likely N-dealkylation sites (N-methyl/N-ethyl adjacent to an activating group) is 1. The summed E-state index contributed by atoms with van der Waals surface area (Å²) in [5.74, 6) is 1.16. The van der Waals surface area contributed by atoms with E-state index in [-0.39, 0.29) is 0 Å². The SMILES string of the molecule is CC1=CCc2ccccc2N=C1N1CCN(C)CC1. The molecule has 0 spiro atoms. The van der Waals surface area contributed by atoms with E-state index < -0.39 is 0 Å². The van der Waals surface area contributed by atoms with E-state index in [1.54, 1.807) is 0 Å². The lowest BCUT2D eigenvalue weighted by Crippen LogP contribution is -2.47. The second kappa shape index (κ2) is 5.17. The van der Waals surface area contributed by atoms with Crippen molar-refractivity contribution in [3.05, 3.63) is 41.5 Å². The van der Waals surface area contributed by atoms with Gasteiger partial charge in [0, 0.05) is 26.2 Å². The summed E-state index contributed by atoms with van der Waals surface area (Å²) in [6, 6.07) is 8.47. The van der Waals surface area contributed by atoms with E-state index in [1.807, 2.05) is 0 Å². The maximum Gasteiger partial charge on any atom is 0.131 e. The number of aliphatic imine (C=N–C) groups is 1. The Bertz CT molecular complexity index is 523. The first-order chi connectivity index (χ1) is 9.24. The molecule has 2 aliphatic heterocycles. The molecule has 1 saturated heterocycles. The van der Waals surface area contributed by atoms with E-state index in [9.17, 15) is 0 Å². The summed E-state index contributed by atoms with van der Waals surface area (Å²) in [6.07, 6.45) is 3.30. The summed E-state index contributed by atoms with van der Waals surface area (Å²) in [7, 11) is 2.18. The van der Waals surface area contributed by atoms with Gasteiger partial charge >= 0.3 is 0 Å². The van der Waals surface area contributed by atoms with Crippen molar-refractivity contribution >= 4 is 11.5 Å². The predicted octanol–water partition coefficient (Wildman–Crippen LogP) is 2.47. The molecule has 1 aromatic rings. The topological polar surface area (TPSA) is 18.8 Å². The summed E-state index contributed by atoms with van der Waals surface area (Å²) in [4.78, 5) is 9.72. The summed E-state index contributed by atoms with van der Waals surface area (Å²) in [5, 5.41) is 0. The Morgan fingerprint density at radius 3 is 2.58 bits per heavy atom. The van der Waals surface area contributed by atoms with Gasteiger partial charge < -0.3 is 9.80 Å². The molecule has 0 amide bonds. The quantitative estimate of drug-likeness (QED) is 0.709. The normalized spacial score (nSPS) is 20.4. The van der Waals surface area contributed by atoms with Crippen LogP contribution in [0.2, 0.25) is 0 Å². The highest BCUT2D eigenvalue weighted by Crippen LogP contribution is 2.25. The maximum absolute atomic E-state index is 4.92. The second-order valence-corrected chi connectivity index (χ2v) is 5.45. The van der Waals surface area contributed by atoms with Gasteiger partial charge in [-0.1, -0.05) is 24.3 Å². The fourth-order valence-electron chi connectivity index (χ4n) is 2.69. The molecule has 0 unspecified atom stereocenters. The van der Waals surface area contributed by atoms with Crippen LogP contribution in [-0.4, -0.2) is 48.9 Å². The van der Waals surface area contributed by atoms with Crippen LogP contribution in [-0.2, 0) is 6.42 Å². The van der Waals surface area contributed by atoms with Gasteiger partial charge in [-0.25, -0.2) is 4.99 Å². The molecule has 3 heteroatoms. The van der Waals surface area contributed by atoms with Crippen molar-refractivity contribution in [3.8, 4) is 0 Å². The highest BCUT2D eigenvalue weighted by atomic mass is 15.3. The Hall–Kier alpha value is -1.61. The molecule has 3 nitrogen and oxygen atoms in total. The Morgan fingerprint density at radius 2 is 1.79 bits per heavy atom. The van der Waals surface area contributed by atoms with Gasteiger partial charge in [0.2, 0.25) is 0 Å². The van der Waals surface area contributed by atoms with E-state index in [0.29, 0.717) is 0 Å². The van der Waals surface area contributed by atoms with Crippen LogP contribution in [0.3, 0.4) is 0 Å². The third-order valence-electron chi connectivity index (χ3n) is 4.00. The molecule has 1 fully saturated rings. The standard InChI is InChI=1S/C16H21N3/c1-13-7-8-14-5-3-4-6-15(14)17-16(13)19-11-9-18(2)10-12-19/h3-7H,8-12H2,1-2H3. The molecule has 3 rings (SSSR count). The van der Waals surface area contributed by atoms with Crippen molar-refractivity contribution in [3.63, 3.8) is 0 Å². The van der Waals surface area contributed by atoms with Crippen LogP contribution in [0.5, 0.6) is 0 Å². The molecule has 0 aromatic heterocycles. The lowest BCUT2D eigenvalue weighted by atomic mass is 10.1. The van der Waals surface area contributed by atoms with Gasteiger partial charge in [-0.2, -0.15) is 0 Å². The van der Waals surface area contributed by atoms with E-state index in [1.165, 1.54) is 11.1 Å². The van der Waals surface area contributed by atoms with E-state index in [2.05, 4.69) is 54.1 Å². The molecule has 19 heavy (non-hydrogen) atoms. The van der Waals surface area contributed by atoms with Crippen molar-refractivity contribution in [1.29, 1.82) is 0 Å². The average Bonchev–Trinajstić information content (AvgIpc) is 2.60. The Labute approximate surface area is 115 Å². The fourth-order valence-corrected chi connectivity index (χ4v) is 2.69. The maximum atomic E-state index is 4.92. The Kier molecular flexibility index (Phi) is 3.38. The van der Waals surface area contributed by atoms with Crippen LogP contribution in [0.25, 0.3) is 0 Å². The van der Waals surface area contributed by atoms with Crippen molar-refractivity contribution in [1.82, 2.24) is 9.80 Å². The molecule has 2 heterocycles. The molecule has 0 bridgehead atoms. The van der Waals surface area contributed by atoms with Crippen LogP contribution in [0.15, 0.2) is 40.9 Å². The molecule has 0 N–H and O–H groups in total. The first kappa shape index (κ1) is 12.4. The molecule has 100 valence electrons. The predicted molar refractivity (Wildman–Crippen MR) is 80.1 cm³/mol. The minimum absolute atomic E-state index is 0.989. The number of fused-ring (bicyclic) bond motifs is 1. The lowest BCUT2D eigenvalue weighted by molar-refractivity contribution is 0.215. The van der Waals surface area contributed by atoms with Gasteiger partial charge in [-0.3, -0.25) is 0 Å². The van der Waals surface area contributed by atoms with Crippen LogP contribution >= 0.6 is 0 Å². The van der Waals surface area contributed by atoms with Crippen molar-refractivity contribution in [2.75, 3.05) is 33.2 Å². The van der Waals surface area contributed by atoms with Gasteiger partial charge in [0.1, 0.15) is 5.84 Å². The summed E-state index contributed by atoms with van der Waals surface area (Å²) in [5.41, 5.74) is 3.76. The number of rotatable bonds is 0. The van der Waals surface area contributed by atoms with Crippen LogP contribution < -0.4 is 0 Å². The molecule has 2 aliphatic rings. The minimum atomic E-state index is 0.989. The zero-order valence-electron chi connectivity index (χ0n) is 11.8. The number of nitrogens with zero attached hydrogens (tertiary/aromatic N) is 3. The van der Waals surface area contributed by atoms with Gasteiger partial charge in [0.05, 0.1) is 5.69 Å². The van der Waals surface area contributed by atoms with Crippen molar-refractivity contribution in [2.24, 2.45) is 4.99 Å². The number of benzene rings is 1. The molecular formula is C16H21N3. The van der Waals surface area contributed by atoms with Gasteiger partial charge in [-0.05, 0) is 37.6 Å². The molecule has 0 atom stereocenters. The number of piperazine rings is 1. The minimum Gasteiger partial charge on any atom is -0.354 e.